The number of nitrogens with one attached hydrogen (secondary N) is 2. The van der Waals surface area contributed by atoms with Crippen LogP contribution < -0.4 is 10.6 Å². The number of carbonyl (C=O) groups is 4. The van der Waals surface area contributed by atoms with E-state index in [1.165, 1.54) is 43.1 Å². The van der Waals surface area contributed by atoms with Crippen LogP contribution in [0, 0.1) is 11.8 Å². The molecule has 2 N–H and O–H groups in total. The van der Waals surface area contributed by atoms with E-state index in [-0.39, 0.29) is 42.1 Å². The van der Waals surface area contributed by atoms with Crippen LogP contribution in [0.5, 0.6) is 0 Å². The summed E-state index contributed by atoms with van der Waals surface area (Å²) in [6.45, 7) is 6.21. The molecule has 0 bridgehead atoms. The smallest absolute Gasteiger partial charge is 0.243 e. The molecular weight excluding hydrogens is 482 g/mol. The molecule has 8 heteroatoms. The summed E-state index contributed by atoms with van der Waals surface area (Å²) in [4.78, 5) is 52.1. The first-order valence-corrected chi connectivity index (χ1v) is 14.2. The van der Waals surface area contributed by atoms with Gasteiger partial charge in [0.2, 0.25) is 17.7 Å². The number of nitrogens with zero attached hydrogens (tertiary/aromatic N) is 1. The summed E-state index contributed by atoms with van der Waals surface area (Å²) >= 11 is 0. The minimum atomic E-state index is -0.689. The van der Waals surface area contributed by atoms with E-state index in [4.69, 9.17) is 4.74 Å². The summed E-state index contributed by atoms with van der Waals surface area (Å²) in [6.07, 6.45) is 18.2. The number of likely N-dealkylation sites (tertiary alicyclic amines) is 1. The summed E-state index contributed by atoms with van der Waals surface area (Å²) in [5.41, 5.74) is 1.27. The largest absolute Gasteiger partial charge is 0.370 e. The summed E-state index contributed by atoms with van der Waals surface area (Å²) < 4.78 is 5.87. The molecule has 3 rings (SSSR count). The minimum absolute atomic E-state index is 0.0474. The van der Waals surface area contributed by atoms with E-state index >= 15 is 0 Å². The average molecular weight is 528 g/mol. The highest BCUT2D eigenvalue weighted by atomic mass is 16.5. The fourth-order valence-corrected chi connectivity index (χ4v) is 5.66. The van der Waals surface area contributed by atoms with Gasteiger partial charge in [-0.15, -0.1) is 0 Å². The van der Waals surface area contributed by atoms with E-state index in [9.17, 15) is 19.2 Å². The van der Waals surface area contributed by atoms with Gasteiger partial charge in [-0.3, -0.25) is 19.2 Å². The molecule has 1 saturated heterocycles. The maximum Gasteiger partial charge on any atom is 0.243 e. The van der Waals surface area contributed by atoms with Gasteiger partial charge in [0.25, 0.3) is 0 Å². The molecule has 8 nitrogen and oxygen atoms in total. The van der Waals surface area contributed by atoms with Crippen molar-refractivity contribution in [3.63, 3.8) is 0 Å². The van der Waals surface area contributed by atoms with Crippen molar-refractivity contribution >= 4 is 23.5 Å². The van der Waals surface area contributed by atoms with E-state index in [0.717, 1.165) is 12.8 Å². The van der Waals surface area contributed by atoms with Gasteiger partial charge in [-0.2, -0.15) is 0 Å². The van der Waals surface area contributed by atoms with Gasteiger partial charge in [0.05, 0.1) is 25.3 Å². The second-order valence-electron chi connectivity index (χ2n) is 11.1. The Hall–Kier alpha value is -2.74. The highest BCUT2D eigenvalue weighted by molar-refractivity contribution is 5.93. The maximum absolute atomic E-state index is 13.1. The quantitative estimate of drug-likeness (QED) is 0.356. The lowest BCUT2D eigenvalue weighted by Gasteiger charge is -2.27. The Bertz CT molecular complexity index is 934. The molecule has 0 aromatic heterocycles. The van der Waals surface area contributed by atoms with Crippen molar-refractivity contribution in [1.82, 2.24) is 15.5 Å². The third kappa shape index (κ3) is 9.22. The van der Waals surface area contributed by atoms with Crippen LogP contribution in [-0.4, -0.2) is 66.3 Å². The Kier molecular flexibility index (Phi) is 11.8. The van der Waals surface area contributed by atoms with Gasteiger partial charge in [-0.1, -0.05) is 68.6 Å². The van der Waals surface area contributed by atoms with Crippen LogP contribution in [0.3, 0.4) is 0 Å². The molecule has 0 radical (unpaired) electrons. The fraction of sp³-hybridized carbons (Fsp3) is 0.667. The number of amides is 3. The highest BCUT2D eigenvalue weighted by Crippen LogP contribution is 2.28. The molecule has 38 heavy (non-hydrogen) atoms. The Morgan fingerprint density at radius 3 is 2.63 bits per heavy atom. The lowest BCUT2D eigenvalue weighted by Crippen LogP contribution is -2.53. The van der Waals surface area contributed by atoms with E-state index < -0.39 is 12.1 Å². The molecule has 1 heterocycles. The number of ketones is 1. The molecule has 1 saturated carbocycles. The van der Waals surface area contributed by atoms with Crippen LogP contribution in [0.25, 0.3) is 0 Å². The normalized spacial score (nSPS) is 23.3. The first-order valence-electron chi connectivity index (χ1n) is 14.2. The van der Waals surface area contributed by atoms with E-state index in [2.05, 4.69) is 23.6 Å². The molecular formula is C30H45N3O5. The van der Waals surface area contributed by atoms with Gasteiger partial charge in [-0.05, 0) is 45.4 Å². The highest BCUT2D eigenvalue weighted by Gasteiger charge is 2.36. The third-order valence-corrected chi connectivity index (χ3v) is 7.90. The van der Waals surface area contributed by atoms with Crippen molar-refractivity contribution in [1.29, 1.82) is 0 Å². The molecule has 2 fully saturated rings. The van der Waals surface area contributed by atoms with Crippen molar-refractivity contribution in [3.8, 4) is 0 Å². The maximum atomic E-state index is 13.1. The monoisotopic (exact) mass is 527 g/mol. The third-order valence-electron chi connectivity index (χ3n) is 7.90. The molecule has 210 valence electrons. The van der Waals surface area contributed by atoms with Gasteiger partial charge in [0.1, 0.15) is 6.04 Å². The summed E-state index contributed by atoms with van der Waals surface area (Å²) in [6, 6.07) is -1.32. The van der Waals surface area contributed by atoms with Crippen molar-refractivity contribution in [2.24, 2.45) is 11.8 Å². The van der Waals surface area contributed by atoms with Crippen molar-refractivity contribution in [2.75, 3.05) is 19.7 Å². The van der Waals surface area contributed by atoms with E-state index in [0.29, 0.717) is 38.3 Å². The number of hydrogen-bond donors (Lipinski definition) is 2. The Morgan fingerprint density at radius 1 is 1.16 bits per heavy atom. The molecule has 2 unspecified atom stereocenters. The van der Waals surface area contributed by atoms with Crippen LogP contribution in [0.1, 0.15) is 78.6 Å². The first kappa shape index (κ1) is 29.8. The van der Waals surface area contributed by atoms with Crippen molar-refractivity contribution in [3.05, 3.63) is 36.0 Å². The predicted molar refractivity (Wildman–Crippen MR) is 147 cm³/mol. The number of rotatable bonds is 13. The van der Waals surface area contributed by atoms with Crippen LogP contribution in [0.4, 0.5) is 0 Å². The number of hydrogen-bond acceptors (Lipinski definition) is 5. The SMILES string of the molecule is CC(=O)[C@H](NC(=O)[C@@H]1CCCN1C(=O)CNC(=O)CCC1CCCC1)C(C)/C=C\COC1C=CC=C(C)C1. The van der Waals surface area contributed by atoms with E-state index in [1.54, 1.807) is 0 Å². The van der Waals surface area contributed by atoms with E-state index in [1.807, 2.05) is 31.2 Å². The molecule has 3 amide bonds. The lowest BCUT2D eigenvalue weighted by atomic mass is 9.97. The summed E-state index contributed by atoms with van der Waals surface area (Å²) in [5.74, 6) is -0.445. The van der Waals surface area contributed by atoms with Crippen LogP contribution in [-0.2, 0) is 23.9 Å². The second kappa shape index (κ2) is 15.0. The molecule has 1 aliphatic heterocycles. The van der Waals surface area contributed by atoms with Gasteiger partial charge in [0, 0.05) is 18.9 Å². The van der Waals surface area contributed by atoms with Gasteiger partial charge in [0.15, 0.2) is 5.78 Å². The van der Waals surface area contributed by atoms with Crippen molar-refractivity contribution < 1.29 is 23.9 Å². The first-order chi connectivity index (χ1) is 18.2. The van der Waals surface area contributed by atoms with Crippen molar-refractivity contribution in [2.45, 2.75) is 96.7 Å². The van der Waals surface area contributed by atoms with Crippen LogP contribution >= 0.6 is 0 Å². The molecule has 0 aromatic carbocycles. The van der Waals surface area contributed by atoms with Crippen LogP contribution in [0.15, 0.2) is 36.0 Å². The Morgan fingerprint density at radius 2 is 1.92 bits per heavy atom. The number of allylic oxidation sites excluding steroid dienone is 2. The zero-order chi connectivity index (χ0) is 27.5. The lowest BCUT2D eigenvalue weighted by molar-refractivity contribution is -0.139. The Balaban J connectivity index is 1.44. The van der Waals surface area contributed by atoms with Gasteiger partial charge >= 0.3 is 0 Å². The zero-order valence-electron chi connectivity index (χ0n) is 23.2. The number of carbonyl (C=O) groups excluding carboxylic acids is 4. The minimum Gasteiger partial charge on any atom is -0.370 e. The zero-order valence-corrected chi connectivity index (χ0v) is 23.2. The molecule has 4 atom stereocenters. The average Bonchev–Trinajstić information content (AvgIpc) is 3.59. The molecule has 0 spiro atoms. The fourth-order valence-electron chi connectivity index (χ4n) is 5.66. The number of ether oxygens (including phenoxy) is 1. The van der Waals surface area contributed by atoms with Gasteiger partial charge in [-0.25, -0.2) is 0 Å². The summed E-state index contributed by atoms with van der Waals surface area (Å²) in [7, 11) is 0. The Labute approximate surface area is 227 Å². The molecule has 2 aliphatic carbocycles. The summed E-state index contributed by atoms with van der Waals surface area (Å²) in [5, 5.41) is 5.61. The molecule has 0 aromatic rings. The van der Waals surface area contributed by atoms with Crippen LogP contribution in [0.2, 0.25) is 0 Å². The van der Waals surface area contributed by atoms with Gasteiger partial charge < -0.3 is 20.3 Å². The second-order valence-corrected chi connectivity index (χ2v) is 11.1. The standard InChI is InChI=1S/C30H45N3O5/c1-21-9-6-13-25(19-21)38-18-8-10-22(2)29(23(3)34)32-30(37)26-14-7-17-33(26)28(36)20-31-27(35)16-15-24-11-4-5-12-24/h6,8-10,13,22,24-26,29H,4-5,7,11-12,14-20H2,1-3H3,(H,31,35)(H,32,37)/b10-8-/t22?,25?,26-,29+/m0/s1. The topological polar surface area (TPSA) is 105 Å². The predicted octanol–water partition coefficient (Wildman–Crippen LogP) is 3.62. The molecule has 3 aliphatic rings. The number of Topliss-reactive ketones (excluding diaryl/α,β-unsaturated/α-hetero) is 1.